The van der Waals surface area contributed by atoms with Crippen molar-refractivity contribution in [2.45, 2.75) is 45.6 Å². The van der Waals surface area contributed by atoms with Crippen LogP contribution in [0.25, 0.3) is 22.2 Å². The van der Waals surface area contributed by atoms with Crippen molar-refractivity contribution in [2.75, 3.05) is 6.61 Å². The molecule has 134 valence electrons. The predicted molar refractivity (Wildman–Crippen MR) is 105 cm³/mol. The van der Waals surface area contributed by atoms with Gasteiger partial charge in [0.25, 0.3) is 0 Å². The highest BCUT2D eigenvalue weighted by atomic mass is 16.5. The molecule has 0 aliphatic heterocycles. The maximum atomic E-state index is 11.9. The summed E-state index contributed by atoms with van der Waals surface area (Å²) in [6.45, 7) is 5.05. The van der Waals surface area contributed by atoms with Gasteiger partial charge in [0, 0.05) is 28.7 Å². The van der Waals surface area contributed by atoms with Crippen LogP contribution in [0.3, 0.4) is 0 Å². The van der Waals surface area contributed by atoms with Gasteiger partial charge in [0.1, 0.15) is 0 Å². The van der Waals surface area contributed by atoms with Crippen molar-refractivity contribution in [3.8, 4) is 11.3 Å². The van der Waals surface area contributed by atoms with Crippen molar-refractivity contribution in [3.63, 3.8) is 0 Å². The minimum Gasteiger partial charge on any atom is -0.466 e. The fraction of sp³-hybridized carbons (Fsp3) is 0.348. The van der Waals surface area contributed by atoms with Crippen LogP contribution in [0.2, 0.25) is 0 Å². The van der Waals surface area contributed by atoms with E-state index in [0.717, 1.165) is 5.92 Å². The lowest BCUT2D eigenvalue weighted by molar-refractivity contribution is -0.143. The predicted octanol–water partition coefficient (Wildman–Crippen LogP) is 5.45. The molecule has 1 heterocycles. The summed E-state index contributed by atoms with van der Waals surface area (Å²) in [5, 5.41) is 1.26. The third-order valence-corrected chi connectivity index (χ3v) is 5.24. The molecule has 3 heteroatoms. The SMILES string of the molecule is CCOC(=O)CCn1c(-c2ccccc2C)cc2cc(C3CC3)ccc21. The van der Waals surface area contributed by atoms with Crippen molar-refractivity contribution in [1.29, 1.82) is 0 Å². The molecule has 26 heavy (non-hydrogen) atoms. The Bertz CT molecular complexity index is 950. The molecular formula is C23H25NO2. The van der Waals surface area contributed by atoms with Crippen LogP contribution >= 0.6 is 0 Å². The maximum Gasteiger partial charge on any atom is 0.307 e. The monoisotopic (exact) mass is 347 g/mol. The summed E-state index contributed by atoms with van der Waals surface area (Å²) in [4.78, 5) is 11.9. The van der Waals surface area contributed by atoms with E-state index in [2.05, 4.69) is 60.0 Å². The van der Waals surface area contributed by atoms with Crippen LogP contribution in [0, 0.1) is 6.92 Å². The van der Waals surface area contributed by atoms with E-state index in [4.69, 9.17) is 4.74 Å². The number of hydrogen-bond donors (Lipinski definition) is 0. The molecule has 1 aromatic heterocycles. The lowest BCUT2D eigenvalue weighted by Crippen LogP contribution is -2.09. The first-order valence-corrected chi connectivity index (χ1v) is 9.52. The molecule has 1 saturated carbocycles. The molecule has 0 atom stereocenters. The second-order valence-corrected chi connectivity index (χ2v) is 7.14. The first-order valence-electron chi connectivity index (χ1n) is 9.52. The average molecular weight is 347 g/mol. The summed E-state index contributed by atoms with van der Waals surface area (Å²) in [5.41, 5.74) is 6.28. The molecule has 1 fully saturated rings. The van der Waals surface area contributed by atoms with E-state index in [1.165, 1.54) is 46.1 Å². The topological polar surface area (TPSA) is 31.2 Å². The summed E-state index contributed by atoms with van der Waals surface area (Å²) in [6, 6.07) is 17.5. The van der Waals surface area contributed by atoms with Crippen molar-refractivity contribution >= 4 is 16.9 Å². The fourth-order valence-electron chi connectivity index (χ4n) is 3.72. The first-order chi connectivity index (χ1) is 12.7. The van der Waals surface area contributed by atoms with Crippen LogP contribution in [-0.4, -0.2) is 17.1 Å². The third kappa shape index (κ3) is 3.26. The quantitative estimate of drug-likeness (QED) is 0.555. The Labute approximate surface area is 154 Å². The molecule has 0 saturated heterocycles. The van der Waals surface area contributed by atoms with Crippen LogP contribution in [0.5, 0.6) is 0 Å². The highest BCUT2D eigenvalue weighted by molar-refractivity contribution is 5.88. The summed E-state index contributed by atoms with van der Waals surface area (Å²) in [6.07, 6.45) is 3.00. The molecule has 3 aromatic rings. The van der Waals surface area contributed by atoms with E-state index in [-0.39, 0.29) is 5.97 Å². The number of hydrogen-bond acceptors (Lipinski definition) is 2. The lowest BCUT2D eigenvalue weighted by atomic mass is 10.1. The second kappa shape index (κ2) is 6.99. The number of benzene rings is 2. The van der Waals surface area contributed by atoms with E-state index in [1.54, 1.807) is 0 Å². The number of fused-ring (bicyclic) bond motifs is 1. The smallest absolute Gasteiger partial charge is 0.307 e. The largest absolute Gasteiger partial charge is 0.466 e. The summed E-state index contributed by atoms with van der Waals surface area (Å²) in [7, 11) is 0. The number of carbonyl (C=O) groups excluding carboxylic acids is 1. The zero-order chi connectivity index (χ0) is 18.1. The third-order valence-electron chi connectivity index (χ3n) is 5.24. The standard InChI is InChI=1S/C23H25NO2/c1-3-26-23(25)12-13-24-21-11-10-18(17-8-9-17)14-19(21)15-22(24)20-7-5-4-6-16(20)2/h4-7,10-11,14-15,17H,3,8-9,12-13H2,1-2H3. The minimum absolute atomic E-state index is 0.139. The molecule has 2 aromatic carbocycles. The molecule has 1 aliphatic carbocycles. The number of aryl methyl sites for hydroxylation is 2. The number of ether oxygens (including phenoxy) is 1. The van der Waals surface area contributed by atoms with E-state index in [0.29, 0.717) is 19.6 Å². The van der Waals surface area contributed by atoms with Crippen molar-refractivity contribution in [2.24, 2.45) is 0 Å². The molecule has 0 amide bonds. The van der Waals surface area contributed by atoms with E-state index >= 15 is 0 Å². The molecule has 0 N–H and O–H groups in total. The number of esters is 1. The zero-order valence-corrected chi connectivity index (χ0v) is 15.5. The summed E-state index contributed by atoms with van der Waals surface area (Å²) in [5.74, 6) is 0.601. The molecular weight excluding hydrogens is 322 g/mol. The second-order valence-electron chi connectivity index (χ2n) is 7.14. The Balaban J connectivity index is 1.78. The van der Waals surface area contributed by atoms with E-state index < -0.39 is 0 Å². The highest BCUT2D eigenvalue weighted by Crippen LogP contribution is 2.41. The minimum atomic E-state index is -0.139. The lowest BCUT2D eigenvalue weighted by Gasteiger charge is -2.12. The summed E-state index contributed by atoms with van der Waals surface area (Å²) < 4.78 is 7.40. The van der Waals surface area contributed by atoms with E-state index in [1.807, 2.05) is 6.92 Å². The van der Waals surface area contributed by atoms with Crippen molar-refractivity contribution < 1.29 is 9.53 Å². The molecule has 0 spiro atoms. The highest BCUT2D eigenvalue weighted by Gasteiger charge is 2.24. The molecule has 0 unspecified atom stereocenters. The summed E-state index contributed by atoms with van der Waals surface area (Å²) >= 11 is 0. The van der Waals surface area contributed by atoms with Crippen LogP contribution in [-0.2, 0) is 16.1 Å². The maximum absolute atomic E-state index is 11.9. The number of nitrogens with zero attached hydrogens (tertiary/aromatic N) is 1. The van der Waals surface area contributed by atoms with Gasteiger partial charge in [-0.05, 0) is 61.9 Å². The molecule has 4 rings (SSSR count). The first kappa shape index (κ1) is 16.9. The van der Waals surface area contributed by atoms with Gasteiger partial charge in [-0.25, -0.2) is 0 Å². The molecule has 0 radical (unpaired) electrons. The normalized spacial score (nSPS) is 13.9. The van der Waals surface area contributed by atoms with Gasteiger partial charge in [0.2, 0.25) is 0 Å². The van der Waals surface area contributed by atoms with Gasteiger partial charge in [-0.3, -0.25) is 4.79 Å². The Morgan fingerprint density at radius 2 is 1.96 bits per heavy atom. The van der Waals surface area contributed by atoms with Gasteiger partial charge in [-0.2, -0.15) is 0 Å². The Hall–Kier alpha value is -2.55. The number of aromatic nitrogens is 1. The average Bonchev–Trinajstić information content (AvgIpc) is 3.42. The molecule has 1 aliphatic rings. The van der Waals surface area contributed by atoms with Gasteiger partial charge in [-0.15, -0.1) is 0 Å². The van der Waals surface area contributed by atoms with Crippen LogP contribution < -0.4 is 0 Å². The number of carbonyl (C=O) groups is 1. The van der Waals surface area contributed by atoms with Crippen LogP contribution in [0.4, 0.5) is 0 Å². The van der Waals surface area contributed by atoms with Gasteiger partial charge in [0.15, 0.2) is 0 Å². The fourth-order valence-corrected chi connectivity index (χ4v) is 3.72. The molecule has 0 bridgehead atoms. The van der Waals surface area contributed by atoms with Crippen LogP contribution in [0.15, 0.2) is 48.5 Å². The Morgan fingerprint density at radius 1 is 1.15 bits per heavy atom. The number of rotatable bonds is 6. The van der Waals surface area contributed by atoms with Gasteiger partial charge >= 0.3 is 5.97 Å². The van der Waals surface area contributed by atoms with Gasteiger partial charge in [0.05, 0.1) is 13.0 Å². The van der Waals surface area contributed by atoms with Crippen LogP contribution in [0.1, 0.15) is 43.2 Å². The zero-order valence-electron chi connectivity index (χ0n) is 15.5. The molecule has 3 nitrogen and oxygen atoms in total. The van der Waals surface area contributed by atoms with E-state index in [9.17, 15) is 4.79 Å². The van der Waals surface area contributed by atoms with Crippen molar-refractivity contribution in [1.82, 2.24) is 4.57 Å². The van der Waals surface area contributed by atoms with Gasteiger partial charge in [-0.1, -0.05) is 30.3 Å². The van der Waals surface area contributed by atoms with Crippen molar-refractivity contribution in [3.05, 3.63) is 59.7 Å². The van der Waals surface area contributed by atoms with Gasteiger partial charge < -0.3 is 9.30 Å². The Kier molecular flexibility index (Phi) is 4.54. The Morgan fingerprint density at radius 3 is 2.69 bits per heavy atom.